The molecule has 0 aliphatic heterocycles. The van der Waals surface area contributed by atoms with Crippen molar-refractivity contribution in [3.63, 3.8) is 0 Å². The Labute approximate surface area is 81.2 Å². The van der Waals surface area contributed by atoms with Crippen LogP contribution in [0.4, 0.5) is 4.79 Å². The summed E-state index contributed by atoms with van der Waals surface area (Å²) in [5.41, 5.74) is 4.78. The van der Waals surface area contributed by atoms with Crippen molar-refractivity contribution in [2.24, 2.45) is 12.8 Å². The molecule has 7 nitrogen and oxygen atoms in total. The molecule has 0 saturated carbocycles. The van der Waals surface area contributed by atoms with Crippen LogP contribution in [0.1, 0.15) is 5.82 Å². The van der Waals surface area contributed by atoms with Gasteiger partial charge in [-0.25, -0.2) is 9.78 Å². The van der Waals surface area contributed by atoms with Crippen LogP contribution in [0.3, 0.4) is 0 Å². The fraction of sp³-hybridized carbons (Fsp3) is 0.571. The summed E-state index contributed by atoms with van der Waals surface area (Å²) in [5.74, 6) is 0.823. The van der Waals surface area contributed by atoms with Gasteiger partial charge in [-0.2, -0.15) is 5.10 Å². The highest BCUT2D eigenvalue weighted by atomic mass is 16.5. The Balaban J connectivity index is 2.10. The van der Waals surface area contributed by atoms with Crippen LogP contribution in [-0.4, -0.2) is 34.0 Å². The van der Waals surface area contributed by atoms with Crippen LogP contribution in [0.15, 0.2) is 6.33 Å². The van der Waals surface area contributed by atoms with Crippen LogP contribution in [0.5, 0.6) is 0 Å². The van der Waals surface area contributed by atoms with E-state index in [4.69, 9.17) is 5.73 Å². The van der Waals surface area contributed by atoms with Gasteiger partial charge >= 0.3 is 6.09 Å². The Morgan fingerprint density at radius 1 is 1.79 bits per heavy atom. The monoisotopic (exact) mass is 199 g/mol. The maximum absolute atomic E-state index is 10.2. The molecule has 0 fully saturated rings. The van der Waals surface area contributed by atoms with Crippen LogP contribution in [0.25, 0.3) is 0 Å². The molecule has 0 atom stereocenters. The summed E-state index contributed by atoms with van der Waals surface area (Å²) < 4.78 is 6.19. The Hall–Kier alpha value is -1.63. The topological polar surface area (TPSA) is 95.1 Å². The van der Waals surface area contributed by atoms with Gasteiger partial charge in [-0.05, 0) is 0 Å². The Kier molecular flexibility index (Phi) is 3.86. The number of nitrogens with one attached hydrogen (secondary N) is 1. The zero-order valence-electron chi connectivity index (χ0n) is 7.93. The van der Waals surface area contributed by atoms with Crippen molar-refractivity contribution in [3.8, 4) is 0 Å². The van der Waals surface area contributed by atoms with Crippen molar-refractivity contribution in [1.29, 1.82) is 0 Å². The van der Waals surface area contributed by atoms with Gasteiger partial charge in [0.25, 0.3) is 0 Å². The van der Waals surface area contributed by atoms with Crippen LogP contribution >= 0.6 is 0 Å². The van der Waals surface area contributed by atoms with Gasteiger partial charge in [0.15, 0.2) is 0 Å². The molecule has 0 spiro atoms. The van der Waals surface area contributed by atoms with Crippen molar-refractivity contribution in [2.45, 2.75) is 6.54 Å². The smallest absolute Gasteiger partial charge is 0.404 e. The highest BCUT2D eigenvalue weighted by Crippen LogP contribution is 1.88. The molecule has 1 aromatic heterocycles. The molecule has 1 aromatic rings. The number of hydrogen-bond donors (Lipinski definition) is 2. The summed E-state index contributed by atoms with van der Waals surface area (Å²) in [5, 5.41) is 6.93. The van der Waals surface area contributed by atoms with E-state index < -0.39 is 6.09 Å². The van der Waals surface area contributed by atoms with E-state index in [0.29, 0.717) is 13.1 Å². The lowest BCUT2D eigenvalue weighted by molar-refractivity contribution is 0.157. The van der Waals surface area contributed by atoms with Gasteiger partial charge in [0.2, 0.25) is 0 Å². The van der Waals surface area contributed by atoms with E-state index in [9.17, 15) is 4.79 Å². The summed E-state index contributed by atoms with van der Waals surface area (Å²) in [7, 11) is 1.81. The minimum absolute atomic E-state index is 0.257. The standard InChI is InChI=1S/C7H13N5O2/c1-12-6(10-5-11-12)4-9-2-3-14-7(8)13/h5,9H,2-4H2,1H3,(H2,8,13). The highest BCUT2D eigenvalue weighted by molar-refractivity contribution is 5.64. The number of rotatable bonds is 5. The first-order valence-corrected chi connectivity index (χ1v) is 4.16. The predicted molar refractivity (Wildman–Crippen MR) is 48.2 cm³/mol. The lowest BCUT2D eigenvalue weighted by Gasteiger charge is -2.03. The molecule has 1 amide bonds. The van der Waals surface area contributed by atoms with Gasteiger partial charge < -0.3 is 15.8 Å². The number of primary amides is 1. The van der Waals surface area contributed by atoms with Crippen molar-refractivity contribution < 1.29 is 9.53 Å². The summed E-state index contributed by atoms with van der Waals surface area (Å²) >= 11 is 0. The number of hydrogen-bond acceptors (Lipinski definition) is 5. The first-order valence-electron chi connectivity index (χ1n) is 4.16. The number of nitrogens with two attached hydrogens (primary N) is 1. The lowest BCUT2D eigenvalue weighted by atomic mass is 10.5. The van der Waals surface area contributed by atoms with Crippen LogP contribution in [-0.2, 0) is 18.3 Å². The second-order valence-corrected chi connectivity index (χ2v) is 2.64. The lowest BCUT2D eigenvalue weighted by Crippen LogP contribution is -2.24. The SMILES string of the molecule is Cn1ncnc1CNCCOC(N)=O. The second kappa shape index (κ2) is 5.18. The number of carbonyl (C=O) groups excluding carboxylic acids is 1. The molecule has 0 radical (unpaired) electrons. The van der Waals surface area contributed by atoms with Gasteiger partial charge in [0.1, 0.15) is 18.8 Å². The Bertz CT molecular complexity index is 298. The number of ether oxygens (including phenoxy) is 1. The highest BCUT2D eigenvalue weighted by Gasteiger charge is 1.99. The third kappa shape index (κ3) is 3.40. The first kappa shape index (κ1) is 10.5. The van der Waals surface area contributed by atoms with Crippen molar-refractivity contribution in [2.75, 3.05) is 13.2 Å². The van der Waals surface area contributed by atoms with Crippen LogP contribution in [0, 0.1) is 0 Å². The van der Waals surface area contributed by atoms with E-state index in [1.54, 1.807) is 4.68 Å². The van der Waals surface area contributed by atoms with E-state index in [1.807, 2.05) is 7.05 Å². The van der Waals surface area contributed by atoms with Gasteiger partial charge in [0.05, 0.1) is 6.54 Å². The minimum Gasteiger partial charge on any atom is -0.448 e. The first-order chi connectivity index (χ1) is 6.70. The molecule has 0 aliphatic rings. The molecule has 78 valence electrons. The van der Waals surface area contributed by atoms with Crippen molar-refractivity contribution in [3.05, 3.63) is 12.2 Å². The normalized spacial score (nSPS) is 10.1. The van der Waals surface area contributed by atoms with E-state index in [1.165, 1.54) is 6.33 Å². The number of carbonyl (C=O) groups is 1. The van der Waals surface area contributed by atoms with Gasteiger partial charge in [-0.15, -0.1) is 0 Å². The van der Waals surface area contributed by atoms with Crippen molar-refractivity contribution >= 4 is 6.09 Å². The fourth-order valence-electron chi connectivity index (χ4n) is 0.904. The second-order valence-electron chi connectivity index (χ2n) is 2.64. The summed E-state index contributed by atoms with van der Waals surface area (Å²) in [4.78, 5) is 14.2. The molecule has 0 aliphatic carbocycles. The molecule has 0 aromatic carbocycles. The predicted octanol–water partition coefficient (Wildman–Crippen LogP) is -1.000. The maximum atomic E-state index is 10.2. The molecule has 0 bridgehead atoms. The average Bonchev–Trinajstić information content (AvgIpc) is 2.51. The third-order valence-electron chi connectivity index (χ3n) is 1.61. The van der Waals surface area contributed by atoms with Crippen LogP contribution in [0.2, 0.25) is 0 Å². The summed E-state index contributed by atoms with van der Waals surface area (Å²) in [6.45, 7) is 1.38. The van der Waals surface area contributed by atoms with Crippen molar-refractivity contribution in [1.82, 2.24) is 20.1 Å². The molecular weight excluding hydrogens is 186 g/mol. The quantitative estimate of drug-likeness (QED) is 0.593. The summed E-state index contributed by atoms with van der Waals surface area (Å²) in [6.07, 6.45) is 0.724. The molecule has 0 saturated heterocycles. The number of amides is 1. The average molecular weight is 199 g/mol. The Morgan fingerprint density at radius 2 is 2.57 bits per heavy atom. The van der Waals surface area contributed by atoms with Gasteiger partial charge in [-0.1, -0.05) is 0 Å². The number of aromatic nitrogens is 3. The van der Waals surface area contributed by atoms with Crippen LogP contribution < -0.4 is 11.1 Å². The van der Waals surface area contributed by atoms with E-state index in [0.717, 1.165) is 5.82 Å². The number of aryl methyl sites for hydroxylation is 1. The number of nitrogens with zero attached hydrogens (tertiary/aromatic N) is 3. The zero-order chi connectivity index (χ0) is 10.4. The van der Waals surface area contributed by atoms with Gasteiger partial charge in [0, 0.05) is 13.6 Å². The zero-order valence-corrected chi connectivity index (χ0v) is 7.93. The van der Waals surface area contributed by atoms with E-state index in [-0.39, 0.29) is 6.61 Å². The molecule has 3 N–H and O–H groups in total. The van der Waals surface area contributed by atoms with E-state index >= 15 is 0 Å². The summed E-state index contributed by atoms with van der Waals surface area (Å²) in [6, 6.07) is 0. The fourth-order valence-corrected chi connectivity index (χ4v) is 0.904. The third-order valence-corrected chi connectivity index (χ3v) is 1.61. The molecule has 1 rings (SSSR count). The molecule has 1 heterocycles. The minimum atomic E-state index is -0.759. The maximum Gasteiger partial charge on any atom is 0.404 e. The molecule has 7 heteroatoms. The molecule has 14 heavy (non-hydrogen) atoms. The van der Waals surface area contributed by atoms with E-state index in [2.05, 4.69) is 20.1 Å². The van der Waals surface area contributed by atoms with Gasteiger partial charge in [-0.3, -0.25) is 4.68 Å². The molecule has 0 unspecified atom stereocenters. The Morgan fingerprint density at radius 3 is 3.14 bits per heavy atom. The molecular formula is C7H13N5O2. The largest absolute Gasteiger partial charge is 0.448 e.